The summed E-state index contributed by atoms with van der Waals surface area (Å²) in [5.41, 5.74) is 0.469. The standard InChI is InChI=1S/C22H22Cl2N4O5S3/c1-36(31,32)28-7-6-27(17-10-34-35-11-18(17)28)22(30)33-19-5-3-13(24)9-15(19)20-25-16-4-2-12(23)8-14(16)21(29)26-20/h2-5,8-9,17-18,22,30H,6-7,10-11H2,1H3,(H,25,26,29). The number of nitrogens with one attached hydrogen (secondary N) is 1. The number of halogens is 2. The van der Waals surface area contributed by atoms with Crippen molar-refractivity contribution >= 4 is 65.7 Å². The van der Waals surface area contributed by atoms with Crippen molar-refractivity contribution in [3.63, 3.8) is 0 Å². The van der Waals surface area contributed by atoms with E-state index < -0.39 is 16.4 Å². The molecule has 2 aliphatic heterocycles. The van der Waals surface area contributed by atoms with Crippen LogP contribution in [0.5, 0.6) is 5.75 Å². The Hall–Kier alpha value is -1.51. The van der Waals surface area contributed by atoms with Crippen LogP contribution < -0.4 is 10.3 Å². The fourth-order valence-corrected chi connectivity index (χ4v) is 8.75. The molecule has 3 atom stereocenters. The van der Waals surface area contributed by atoms with E-state index >= 15 is 0 Å². The summed E-state index contributed by atoms with van der Waals surface area (Å²) in [4.78, 5) is 21.8. The number of sulfonamides is 1. The molecule has 3 heterocycles. The van der Waals surface area contributed by atoms with Crippen molar-refractivity contribution in [2.45, 2.75) is 18.5 Å². The second kappa shape index (κ2) is 10.3. The van der Waals surface area contributed by atoms with Gasteiger partial charge in [0.1, 0.15) is 11.6 Å². The van der Waals surface area contributed by atoms with Crippen molar-refractivity contribution in [1.29, 1.82) is 0 Å². The summed E-state index contributed by atoms with van der Waals surface area (Å²) in [5, 5.41) is 12.3. The van der Waals surface area contributed by atoms with E-state index in [1.165, 1.54) is 10.6 Å². The maximum Gasteiger partial charge on any atom is 0.260 e. The summed E-state index contributed by atoms with van der Waals surface area (Å²) >= 11 is 12.3. The number of fused-ring (bicyclic) bond motifs is 2. The maximum absolute atomic E-state index is 12.7. The Labute approximate surface area is 225 Å². The van der Waals surface area contributed by atoms with Crippen molar-refractivity contribution in [1.82, 2.24) is 19.2 Å². The number of aromatic amines is 1. The third-order valence-electron chi connectivity index (χ3n) is 6.19. The number of aromatic nitrogens is 2. The molecule has 2 saturated heterocycles. The van der Waals surface area contributed by atoms with Crippen LogP contribution in [0.1, 0.15) is 0 Å². The first kappa shape index (κ1) is 26.1. The molecule has 0 saturated carbocycles. The van der Waals surface area contributed by atoms with Crippen LogP contribution in [0.4, 0.5) is 0 Å². The number of piperazine rings is 1. The molecular formula is C22H22Cl2N4O5S3. The lowest BCUT2D eigenvalue weighted by Crippen LogP contribution is -2.66. The van der Waals surface area contributed by atoms with Crippen LogP contribution in [-0.2, 0) is 10.0 Å². The highest BCUT2D eigenvalue weighted by Crippen LogP contribution is 2.38. The second-order valence-corrected chi connectivity index (χ2v) is 13.8. The van der Waals surface area contributed by atoms with Gasteiger partial charge in [-0.25, -0.2) is 18.3 Å². The van der Waals surface area contributed by atoms with Gasteiger partial charge in [0.2, 0.25) is 10.0 Å². The summed E-state index contributed by atoms with van der Waals surface area (Å²) in [6, 6.07) is 9.15. The number of benzene rings is 2. The normalized spacial score (nSPS) is 22.3. The number of hydrogen-bond acceptors (Lipinski definition) is 9. The van der Waals surface area contributed by atoms with Crippen LogP contribution in [0.25, 0.3) is 22.3 Å². The molecule has 2 fully saturated rings. The molecule has 3 aromatic rings. The van der Waals surface area contributed by atoms with Crippen LogP contribution in [0.2, 0.25) is 10.0 Å². The predicted molar refractivity (Wildman–Crippen MR) is 145 cm³/mol. The lowest BCUT2D eigenvalue weighted by atomic mass is 10.1. The molecule has 9 nitrogen and oxygen atoms in total. The third kappa shape index (κ3) is 5.23. The van der Waals surface area contributed by atoms with Gasteiger partial charge in [-0.1, -0.05) is 44.8 Å². The first-order chi connectivity index (χ1) is 17.1. The summed E-state index contributed by atoms with van der Waals surface area (Å²) in [6.45, 7) is 0.552. The zero-order valence-corrected chi connectivity index (χ0v) is 22.9. The highest BCUT2D eigenvalue weighted by Gasteiger charge is 2.45. The average molecular weight is 590 g/mol. The minimum absolute atomic E-state index is 0.226. The molecule has 0 bridgehead atoms. The molecule has 0 spiro atoms. The maximum atomic E-state index is 12.7. The minimum atomic E-state index is -3.38. The molecule has 1 aromatic heterocycles. The number of hydrogen-bond donors (Lipinski definition) is 2. The number of aliphatic hydroxyl groups is 1. The molecule has 0 radical (unpaired) electrons. The van der Waals surface area contributed by atoms with Gasteiger partial charge in [0.25, 0.3) is 12.0 Å². The Morgan fingerprint density at radius 1 is 1.11 bits per heavy atom. The Balaban J connectivity index is 1.46. The van der Waals surface area contributed by atoms with E-state index in [-0.39, 0.29) is 35.8 Å². The molecule has 192 valence electrons. The molecule has 0 aliphatic carbocycles. The van der Waals surface area contributed by atoms with Crippen molar-refractivity contribution < 1.29 is 18.3 Å². The highest BCUT2D eigenvalue weighted by atomic mass is 35.5. The number of rotatable bonds is 5. The van der Waals surface area contributed by atoms with Gasteiger partial charge in [-0.3, -0.25) is 4.79 Å². The molecule has 2 aliphatic rings. The van der Waals surface area contributed by atoms with Crippen LogP contribution in [0.3, 0.4) is 0 Å². The first-order valence-corrected chi connectivity index (χ1v) is 16.0. The highest BCUT2D eigenvalue weighted by molar-refractivity contribution is 8.76. The molecule has 3 unspecified atom stereocenters. The van der Waals surface area contributed by atoms with Crippen LogP contribution in [-0.4, -0.2) is 82.0 Å². The lowest BCUT2D eigenvalue weighted by molar-refractivity contribution is -0.165. The van der Waals surface area contributed by atoms with Crippen LogP contribution in [0, 0.1) is 0 Å². The van der Waals surface area contributed by atoms with Crippen LogP contribution >= 0.6 is 44.8 Å². The van der Waals surface area contributed by atoms with Gasteiger partial charge in [0.05, 0.1) is 28.8 Å². The third-order valence-corrected chi connectivity index (χ3v) is 10.4. The lowest BCUT2D eigenvalue weighted by Gasteiger charge is -2.48. The Bertz CT molecular complexity index is 1470. The van der Waals surface area contributed by atoms with Gasteiger partial charge < -0.3 is 14.8 Å². The van der Waals surface area contributed by atoms with E-state index in [4.69, 9.17) is 27.9 Å². The van der Waals surface area contributed by atoms with Crippen LogP contribution in [0.15, 0.2) is 41.2 Å². The van der Waals surface area contributed by atoms with Crippen molar-refractivity contribution in [2.24, 2.45) is 0 Å². The molecule has 5 rings (SSSR count). The summed E-state index contributed by atoms with van der Waals surface area (Å²) in [7, 11) is -0.124. The van der Waals surface area contributed by atoms with E-state index in [1.807, 2.05) is 0 Å². The number of H-pyrrole nitrogens is 1. The van der Waals surface area contributed by atoms with E-state index in [2.05, 4.69) is 9.97 Å². The number of nitrogens with zero attached hydrogens (tertiary/aromatic N) is 3. The van der Waals surface area contributed by atoms with Gasteiger partial charge in [-0.05, 0) is 36.4 Å². The summed E-state index contributed by atoms with van der Waals surface area (Å²) in [5.74, 6) is 1.74. The average Bonchev–Trinajstić information content (AvgIpc) is 2.84. The van der Waals surface area contributed by atoms with Crippen molar-refractivity contribution in [3.05, 3.63) is 56.8 Å². The second-order valence-electron chi connectivity index (χ2n) is 8.48. The molecular weight excluding hydrogens is 567 g/mol. The van der Waals surface area contributed by atoms with Gasteiger partial charge in [0, 0.05) is 40.7 Å². The van der Waals surface area contributed by atoms with Gasteiger partial charge in [-0.15, -0.1) is 0 Å². The number of ether oxygens (including phenoxy) is 1. The Morgan fingerprint density at radius 3 is 2.56 bits per heavy atom. The van der Waals surface area contributed by atoms with Gasteiger partial charge >= 0.3 is 0 Å². The first-order valence-electron chi connectivity index (χ1n) is 10.9. The van der Waals surface area contributed by atoms with Crippen molar-refractivity contribution in [2.75, 3.05) is 30.9 Å². The molecule has 14 heteroatoms. The van der Waals surface area contributed by atoms with Crippen molar-refractivity contribution in [3.8, 4) is 17.1 Å². The number of aliphatic hydroxyl groups excluding tert-OH is 1. The SMILES string of the molecule is CS(=O)(=O)N1CCN(C(O)Oc2ccc(Cl)cc2-c2nc3ccc(Cl)cc3c(=O)[nH]2)C2CSSCC21. The Kier molecular flexibility index (Phi) is 7.50. The zero-order valence-electron chi connectivity index (χ0n) is 18.9. The predicted octanol–water partition coefficient (Wildman–Crippen LogP) is 3.26. The van der Waals surface area contributed by atoms with E-state index in [0.717, 1.165) is 0 Å². The largest absolute Gasteiger partial charge is 0.450 e. The summed E-state index contributed by atoms with van der Waals surface area (Å²) < 4.78 is 32.1. The van der Waals surface area contributed by atoms with Gasteiger partial charge in [-0.2, -0.15) is 4.31 Å². The fourth-order valence-electron chi connectivity index (χ4n) is 4.49. The zero-order chi connectivity index (χ0) is 25.6. The molecule has 0 amide bonds. The van der Waals surface area contributed by atoms with Gasteiger partial charge in [0.15, 0.2) is 0 Å². The topological polar surface area (TPSA) is 116 Å². The molecule has 2 N–H and O–H groups in total. The smallest absolute Gasteiger partial charge is 0.260 e. The molecule has 2 aromatic carbocycles. The molecule has 36 heavy (non-hydrogen) atoms. The van der Waals surface area contributed by atoms with E-state index in [1.54, 1.807) is 62.9 Å². The Morgan fingerprint density at radius 2 is 1.81 bits per heavy atom. The van der Waals surface area contributed by atoms with E-state index in [9.17, 15) is 18.3 Å². The quantitative estimate of drug-likeness (QED) is 0.342. The van der Waals surface area contributed by atoms with E-state index in [0.29, 0.717) is 44.6 Å². The minimum Gasteiger partial charge on any atom is -0.450 e. The summed E-state index contributed by atoms with van der Waals surface area (Å²) in [6.07, 6.45) is -0.140. The monoisotopic (exact) mass is 588 g/mol. The fraction of sp³-hybridized carbons (Fsp3) is 0.364.